The molecule has 0 radical (unpaired) electrons. The summed E-state index contributed by atoms with van der Waals surface area (Å²) in [5.41, 5.74) is 0.113. The summed E-state index contributed by atoms with van der Waals surface area (Å²) in [6.07, 6.45) is -0.613. The Hall–Kier alpha value is -2.56. The molecule has 0 aliphatic heterocycles. The summed E-state index contributed by atoms with van der Waals surface area (Å²) >= 11 is 0. The van der Waals surface area contributed by atoms with Crippen LogP contribution in [0.2, 0.25) is 0 Å². The Morgan fingerprint density at radius 2 is 1.70 bits per heavy atom. The van der Waals surface area contributed by atoms with Gasteiger partial charge in [-0.3, -0.25) is 4.79 Å². The van der Waals surface area contributed by atoms with Crippen molar-refractivity contribution in [2.45, 2.75) is 39.3 Å². The van der Waals surface area contributed by atoms with Crippen LogP contribution < -0.4 is 10.6 Å². The first-order valence-electron chi connectivity index (χ1n) is 7.54. The molecular weight excluding hydrogens is 292 g/mol. The molecule has 0 fully saturated rings. The third-order valence-electron chi connectivity index (χ3n) is 3.17. The summed E-state index contributed by atoms with van der Waals surface area (Å²) in [6, 6.07) is 12.8. The Morgan fingerprint density at radius 1 is 1.04 bits per heavy atom. The van der Waals surface area contributed by atoms with Crippen molar-refractivity contribution in [3.8, 4) is 0 Å². The van der Waals surface area contributed by atoms with Crippen molar-refractivity contribution >= 4 is 28.5 Å². The van der Waals surface area contributed by atoms with Gasteiger partial charge in [-0.25, -0.2) is 4.79 Å². The highest BCUT2D eigenvalue weighted by atomic mass is 16.6. The van der Waals surface area contributed by atoms with Gasteiger partial charge in [0.25, 0.3) is 0 Å². The maximum absolute atomic E-state index is 12.3. The van der Waals surface area contributed by atoms with E-state index in [2.05, 4.69) is 10.6 Å². The van der Waals surface area contributed by atoms with Crippen LogP contribution in [-0.4, -0.2) is 23.6 Å². The Kier molecular flexibility index (Phi) is 4.89. The van der Waals surface area contributed by atoms with E-state index in [1.54, 1.807) is 27.7 Å². The maximum atomic E-state index is 12.3. The average molecular weight is 314 g/mol. The summed E-state index contributed by atoms with van der Waals surface area (Å²) in [4.78, 5) is 24.0. The number of amides is 2. The van der Waals surface area contributed by atoms with Gasteiger partial charge >= 0.3 is 6.09 Å². The Balaban J connectivity index is 2.04. The molecule has 0 unspecified atom stereocenters. The van der Waals surface area contributed by atoms with E-state index < -0.39 is 17.7 Å². The van der Waals surface area contributed by atoms with Gasteiger partial charge in [0.15, 0.2) is 0 Å². The number of hydrogen-bond acceptors (Lipinski definition) is 3. The molecule has 1 atom stereocenters. The molecule has 0 saturated carbocycles. The molecule has 0 aliphatic carbocycles. The second-order valence-electron chi connectivity index (χ2n) is 6.38. The van der Waals surface area contributed by atoms with Crippen LogP contribution in [0.4, 0.5) is 10.5 Å². The third kappa shape index (κ3) is 4.71. The molecule has 2 aromatic carbocycles. The van der Waals surface area contributed by atoms with Gasteiger partial charge in [0.05, 0.1) is 0 Å². The molecule has 0 saturated heterocycles. The zero-order valence-corrected chi connectivity index (χ0v) is 13.8. The first-order chi connectivity index (χ1) is 10.8. The average Bonchev–Trinajstić information content (AvgIpc) is 2.45. The number of fused-ring (bicyclic) bond motifs is 1. The van der Waals surface area contributed by atoms with Gasteiger partial charge in [-0.15, -0.1) is 0 Å². The van der Waals surface area contributed by atoms with Crippen molar-refractivity contribution < 1.29 is 14.3 Å². The lowest BCUT2D eigenvalue weighted by molar-refractivity contribution is -0.117. The molecular formula is C18H22N2O3. The quantitative estimate of drug-likeness (QED) is 0.908. The number of alkyl carbamates (subject to hydrolysis) is 1. The highest BCUT2D eigenvalue weighted by Gasteiger charge is 2.21. The molecule has 2 N–H and O–H groups in total. The molecule has 0 bridgehead atoms. The van der Waals surface area contributed by atoms with E-state index in [0.717, 1.165) is 10.8 Å². The van der Waals surface area contributed by atoms with Crippen molar-refractivity contribution in [2.24, 2.45) is 0 Å². The van der Waals surface area contributed by atoms with Gasteiger partial charge in [0.1, 0.15) is 11.6 Å². The van der Waals surface area contributed by atoms with Gasteiger partial charge in [0.2, 0.25) is 5.91 Å². The second kappa shape index (κ2) is 6.69. The molecule has 0 aromatic heterocycles. The lowest BCUT2D eigenvalue weighted by Crippen LogP contribution is -2.44. The van der Waals surface area contributed by atoms with E-state index in [1.807, 2.05) is 42.5 Å². The molecule has 0 spiro atoms. The lowest BCUT2D eigenvalue weighted by Gasteiger charge is -2.21. The summed E-state index contributed by atoms with van der Waals surface area (Å²) in [5.74, 6) is -0.299. The van der Waals surface area contributed by atoms with Gasteiger partial charge in [-0.1, -0.05) is 36.4 Å². The van der Waals surface area contributed by atoms with Crippen LogP contribution in [-0.2, 0) is 9.53 Å². The lowest BCUT2D eigenvalue weighted by atomic mass is 10.1. The minimum atomic E-state index is -0.705. The molecule has 23 heavy (non-hydrogen) atoms. The van der Waals surface area contributed by atoms with Crippen molar-refractivity contribution in [3.63, 3.8) is 0 Å². The molecule has 2 amide bonds. The topological polar surface area (TPSA) is 67.4 Å². The zero-order valence-electron chi connectivity index (χ0n) is 13.8. The first kappa shape index (κ1) is 16.8. The highest BCUT2D eigenvalue weighted by Crippen LogP contribution is 2.23. The van der Waals surface area contributed by atoms with Crippen molar-refractivity contribution in [1.29, 1.82) is 0 Å². The van der Waals surface area contributed by atoms with Crippen LogP contribution in [0.3, 0.4) is 0 Å². The fourth-order valence-electron chi connectivity index (χ4n) is 2.13. The Labute approximate surface area is 136 Å². The van der Waals surface area contributed by atoms with Crippen LogP contribution in [0, 0.1) is 0 Å². The second-order valence-corrected chi connectivity index (χ2v) is 6.38. The van der Waals surface area contributed by atoms with E-state index in [-0.39, 0.29) is 5.91 Å². The molecule has 5 nitrogen and oxygen atoms in total. The number of ether oxygens (including phenoxy) is 1. The van der Waals surface area contributed by atoms with Crippen molar-refractivity contribution in [3.05, 3.63) is 42.5 Å². The number of carbonyl (C=O) groups is 2. The van der Waals surface area contributed by atoms with Crippen LogP contribution in [0.15, 0.2) is 42.5 Å². The van der Waals surface area contributed by atoms with Crippen molar-refractivity contribution in [2.75, 3.05) is 5.32 Å². The predicted molar refractivity (Wildman–Crippen MR) is 91.4 cm³/mol. The minimum absolute atomic E-state index is 0.299. The van der Waals surface area contributed by atoms with Gasteiger partial charge in [0, 0.05) is 11.1 Å². The molecule has 122 valence electrons. The van der Waals surface area contributed by atoms with E-state index in [4.69, 9.17) is 4.74 Å². The fraction of sp³-hybridized carbons (Fsp3) is 0.333. The number of carbonyl (C=O) groups excluding carboxylic acids is 2. The molecule has 2 rings (SSSR count). The van der Waals surface area contributed by atoms with E-state index in [1.165, 1.54) is 0 Å². The molecule has 5 heteroatoms. The van der Waals surface area contributed by atoms with Gasteiger partial charge in [-0.05, 0) is 39.1 Å². The first-order valence-corrected chi connectivity index (χ1v) is 7.54. The van der Waals surface area contributed by atoms with E-state index in [9.17, 15) is 9.59 Å². The number of hydrogen-bond donors (Lipinski definition) is 2. The Bertz CT molecular complexity index is 714. The molecule has 0 heterocycles. The number of rotatable bonds is 3. The molecule has 2 aromatic rings. The van der Waals surface area contributed by atoms with Crippen molar-refractivity contribution in [1.82, 2.24) is 5.32 Å². The minimum Gasteiger partial charge on any atom is -0.444 e. The summed E-state index contributed by atoms with van der Waals surface area (Å²) in [7, 11) is 0. The summed E-state index contributed by atoms with van der Waals surface area (Å²) < 4.78 is 5.15. The largest absolute Gasteiger partial charge is 0.444 e. The predicted octanol–water partition coefficient (Wildman–Crippen LogP) is 3.69. The highest BCUT2D eigenvalue weighted by molar-refractivity contribution is 6.04. The van der Waals surface area contributed by atoms with Crippen LogP contribution in [0.1, 0.15) is 27.7 Å². The normalized spacial score (nSPS) is 12.5. The summed E-state index contributed by atoms with van der Waals surface area (Å²) in [5, 5.41) is 7.37. The summed E-state index contributed by atoms with van der Waals surface area (Å²) in [6.45, 7) is 6.93. The zero-order chi connectivity index (χ0) is 17.0. The van der Waals surface area contributed by atoms with Gasteiger partial charge in [-0.2, -0.15) is 0 Å². The van der Waals surface area contributed by atoms with Crippen LogP contribution >= 0.6 is 0 Å². The number of benzene rings is 2. The Morgan fingerprint density at radius 3 is 2.39 bits per heavy atom. The SMILES string of the molecule is C[C@H](NC(=O)OC(C)(C)C)C(=O)Nc1cccc2ccccc12. The number of nitrogens with one attached hydrogen (secondary N) is 2. The van der Waals surface area contributed by atoms with Gasteiger partial charge < -0.3 is 15.4 Å². The third-order valence-corrected chi connectivity index (χ3v) is 3.17. The van der Waals surface area contributed by atoms with Crippen LogP contribution in [0.25, 0.3) is 10.8 Å². The van der Waals surface area contributed by atoms with E-state index >= 15 is 0 Å². The van der Waals surface area contributed by atoms with E-state index in [0.29, 0.717) is 5.69 Å². The number of anilines is 1. The fourth-order valence-corrected chi connectivity index (χ4v) is 2.13. The maximum Gasteiger partial charge on any atom is 0.408 e. The standard InChI is InChI=1S/C18H22N2O3/c1-12(19-17(22)23-18(2,3)4)16(21)20-15-11-7-9-13-8-5-6-10-14(13)15/h5-12H,1-4H3,(H,19,22)(H,20,21)/t12-/m0/s1. The molecule has 0 aliphatic rings. The monoisotopic (exact) mass is 314 g/mol. The smallest absolute Gasteiger partial charge is 0.408 e. The van der Waals surface area contributed by atoms with Crippen LogP contribution in [0.5, 0.6) is 0 Å².